The first kappa shape index (κ1) is 42.8. The SMILES string of the molecule is CCCCC(CC)CN1c2ccccc2CCc2cc(-c3sc(-c4sc(-c5sc(-c6sc(/C=C(\C#N)C(=O)O)c7c6OCCO7)c6c5OCCO6)c5c4OCCO5)c4c3OCCO4)ccc21. The van der Waals surface area contributed by atoms with Crippen LogP contribution in [0.1, 0.15) is 55.5 Å². The highest BCUT2D eigenvalue weighted by molar-refractivity contribution is 7.30. The predicted octanol–water partition coefficient (Wildman–Crippen LogP) is 12.1. The second-order valence-electron chi connectivity index (χ2n) is 16.5. The minimum absolute atomic E-state index is 0.287. The van der Waals surface area contributed by atoms with Gasteiger partial charge in [-0.1, -0.05) is 57.4 Å². The molecule has 0 radical (unpaired) electrons. The van der Waals surface area contributed by atoms with E-state index < -0.39 is 11.5 Å². The van der Waals surface area contributed by atoms with Crippen molar-refractivity contribution in [3.05, 3.63) is 64.0 Å². The number of aryl methyl sites for hydroxylation is 2. The zero-order valence-electron chi connectivity index (χ0n) is 36.5. The molecule has 0 saturated carbocycles. The quantitative estimate of drug-likeness (QED) is 0.0923. The minimum Gasteiger partial charge on any atom is -0.485 e. The summed E-state index contributed by atoms with van der Waals surface area (Å²) in [6, 6.07) is 17.6. The van der Waals surface area contributed by atoms with Crippen LogP contribution in [-0.2, 0) is 17.6 Å². The molecule has 0 fully saturated rings. The average Bonchev–Trinajstić information content (AvgIpc) is 4.11. The Kier molecular flexibility index (Phi) is 11.7. The Bertz CT molecular complexity index is 2930. The number of carboxylic acids is 1. The zero-order chi connectivity index (χ0) is 44.9. The molecule has 5 aliphatic heterocycles. The second-order valence-corrected chi connectivity index (χ2v) is 20.6. The first-order chi connectivity index (χ1) is 32.4. The summed E-state index contributed by atoms with van der Waals surface area (Å²) in [4.78, 5) is 20.8. The van der Waals surface area contributed by atoms with Crippen LogP contribution in [0.25, 0.3) is 45.8 Å². The van der Waals surface area contributed by atoms with Crippen LogP contribution in [-0.4, -0.2) is 70.5 Å². The van der Waals surface area contributed by atoms with E-state index in [9.17, 15) is 15.2 Å². The molecular weight excluding hydrogens is 917 g/mol. The maximum absolute atomic E-state index is 11.8. The third kappa shape index (κ3) is 7.50. The molecular formula is C50H46N2O10S4. The number of nitrogens with zero attached hydrogens (tertiary/aromatic N) is 2. The highest BCUT2D eigenvalue weighted by atomic mass is 32.1. The smallest absolute Gasteiger partial charge is 0.346 e. The predicted molar refractivity (Wildman–Crippen MR) is 259 cm³/mol. The number of benzene rings is 2. The number of nitriles is 1. The molecule has 16 heteroatoms. The van der Waals surface area contributed by atoms with E-state index in [0.29, 0.717) is 102 Å². The fourth-order valence-electron chi connectivity index (χ4n) is 9.23. The third-order valence-corrected chi connectivity index (χ3v) is 17.5. The fourth-order valence-corrected chi connectivity index (χ4v) is 14.3. The Morgan fingerprint density at radius 3 is 1.65 bits per heavy atom. The van der Waals surface area contributed by atoms with Crippen molar-refractivity contribution in [2.75, 3.05) is 64.3 Å². The molecule has 12 nitrogen and oxygen atoms in total. The summed E-state index contributed by atoms with van der Waals surface area (Å²) >= 11 is 5.95. The van der Waals surface area contributed by atoms with Crippen molar-refractivity contribution < 1.29 is 47.8 Å². The molecule has 1 unspecified atom stereocenters. The lowest BCUT2D eigenvalue weighted by atomic mass is 9.97. The number of aliphatic carboxylic acids is 1. The second kappa shape index (κ2) is 18.1. The molecule has 66 heavy (non-hydrogen) atoms. The number of hydrogen-bond donors (Lipinski definition) is 1. The topological polar surface area (TPSA) is 138 Å². The number of carbonyl (C=O) groups is 1. The van der Waals surface area contributed by atoms with Crippen molar-refractivity contribution in [3.8, 4) is 91.8 Å². The van der Waals surface area contributed by atoms with Gasteiger partial charge >= 0.3 is 5.97 Å². The van der Waals surface area contributed by atoms with Crippen molar-refractivity contribution in [2.24, 2.45) is 5.92 Å². The summed E-state index contributed by atoms with van der Waals surface area (Å²) in [5.41, 5.74) is 5.97. The van der Waals surface area contributed by atoms with Crippen LogP contribution in [0.15, 0.2) is 48.0 Å². The number of anilines is 2. The molecule has 1 N–H and O–H groups in total. The molecule has 0 amide bonds. The zero-order valence-corrected chi connectivity index (χ0v) is 39.7. The van der Waals surface area contributed by atoms with Gasteiger partial charge in [0.1, 0.15) is 64.5 Å². The lowest BCUT2D eigenvalue weighted by Crippen LogP contribution is -2.26. The first-order valence-electron chi connectivity index (χ1n) is 22.5. The van der Waals surface area contributed by atoms with E-state index in [1.807, 2.05) is 0 Å². The van der Waals surface area contributed by atoms with E-state index in [0.717, 1.165) is 66.4 Å². The first-order valence-corrected chi connectivity index (χ1v) is 25.7. The minimum atomic E-state index is -1.32. The highest BCUT2D eigenvalue weighted by Crippen LogP contribution is 2.66. The largest absolute Gasteiger partial charge is 0.485 e. The van der Waals surface area contributed by atoms with Crippen LogP contribution in [0.3, 0.4) is 0 Å². The maximum Gasteiger partial charge on any atom is 0.346 e. The Hall–Kier alpha value is -5.86. The molecule has 11 rings (SSSR count). The van der Waals surface area contributed by atoms with Crippen LogP contribution < -0.4 is 42.8 Å². The van der Waals surface area contributed by atoms with E-state index in [-0.39, 0.29) is 6.61 Å². The summed E-state index contributed by atoms with van der Waals surface area (Å²) in [6.07, 6.45) is 8.03. The van der Waals surface area contributed by atoms with E-state index in [1.165, 1.54) is 70.5 Å². The average molecular weight is 963 g/mol. The van der Waals surface area contributed by atoms with Gasteiger partial charge in [-0.15, -0.1) is 45.3 Å². The van der Waals surface area contributed by atoms with Gasteiger partial charge in [0.25, 0.3) is 0 Å². The molecule has 0 aliphatic carbocycles. The van der Waals surface area contributed by atoms with Gasteiger partial charge in [-0.3, -0.25) is 0 Å². The Labute approximate surface area is 398 Å². The van der Waals surface area contributed by atoms with E-state index in [2.05, 4.69) is 61.2 Å². The molecule has 0 bridgehead atoms. The van der Waals surface area contributed by atoms with Crippen LogP contribution in [0.4, 0.5) is 11.4 Å². The molecule has 0 saturated heterocycles. The number of carboxylic acid groups (broad SMARTS) is 1. The van der Waals surface area contributed by atoms with Crippen molar-refractivity contribution >= 4 is 68.8 Å². The Morgan fingerprint density at radius 1 is 0.652 bits per heavy atom. The van der Waals surface area contributed by atoms with Gasteiger partial charge in [0.05, 0.1) is 39.0 Å². The lowest BCUT2D eigenvalue weighted by Gasteiger charge is -2.31. The van der Waals surface area contributed by atoms with Crippen molar-refractivity contribution in [2.45, 2.75) is 52.4 Å². The molecule has 9 heterocycles. The van der Waals surface area contributed by atoms with E-state index >= 15 is 0 Å². The van der Waals surface area contributed by atoms with Gasteiger partial charge in [0.15, 0.2) is 46.0 Å². The van der Waals surface area contributed by atoms with Crippen LogP contribution in [0.5, 0.6) is 46.0 Å². The van der Waals surface area contributed by atoms with Crippen LogP contribution in [0.2, 0.25) is 0 Å². The van der Waals surface area contributed by atoms with E-state index in [1.54, 1.807) is 28.7 Å². The summed E-state index contributed by atoms with van der Waals surface area (Å²) in [5, 5.41) is 19.2. The summed E-state index contributed by atoms with van der Waals surface area (Å²) in [5.74, 6) is 3.99. The van der Waals surface area contributed by atoms with Crippen molar-refractivity contribution in [1.82, 2.24) is 0 Å². The van der Waals surface area contributed by atoms with E-state index in [4.69, 9.17) is 37.9 Å². The fraction of sp³-hybridized carbons (Fsp3) is 0.360. The maximum atomic E-state index is 11.8. The lowest BCUT2D eigenvalue weighted by molar-refractivity contribution is -0.132. The number of thiophene rings is 4. The summed E-state index contributed by atoms with van der Waals surface area (Å²) in [6.45, 7) is 8.50. The summed E-state index contributed by atoms with van der Waals surface area (Å²) < 4.78 is 51.0. The van der Waals surface area contributed by atoms with Gasteiger partial charge in [-0.2, -0.15) is 5.26 Å². The Morgan fingerprint density at radius 2 is 1.12 bits per heavy atom. The van der Waals surface area contributed by atoms with Crippen molar-refractivity contribution in [1.29, 1.82) is 5.26 Å². The number of ether oxygens (including phenoxy) is 8. The van der Waals surface area contributed by atoms with Gasteiger partial charge in [0, 0.05) is 17.9 Å². The standard InChI is InChI=1S/C50H46N2O10S4/c1-3-5-8-27(4-2)26-52-32-10-7-6-9-28(32)11-12-29-23-30(13-14-33(29)52)43-37-38(58-18-17-57-37)46(64-43)47-41-42(62-22-21-61-41)49(66-47)48-40-39(59-19-20-60-40)45(65-48)44-36-35(55-15-16-56-36)34(63-44)24-31(25-51)50(53)54/h6-7,9-10,13-14,23-24,27H,3-5,8,11-12,15-22,26H2,1-2H3,(H,53,54)/b31-24+. The number of hydrogen-bond acceptors (Lipinski definition) is 15. The molecule has 6 aromatic rings. The van der Waals surface area contributed by atoms with Crippen molar-refractivity contribution in [3.63, 3.8) is 0 Å². The van der Waals surface area contributed by atoms with Gasteiger partial charge < -0.3 is 47.9 Å². The molecule has 5 aliphatic rings. The number of rotatable bonds is 12. The summed E-state index contributed by atoms with van der Waals surface area (Å²) in [7, 11) is 0. The number of fused-ring (bicyclic) bond motifs is 6. The van der Waals surface area contributed by atoms with Gasteiger partial charge in [-0.25, -0.2) is 4.79 Å². The third-order valence-electron chi connectivity index (χ3n) is 12.4. The van der Waals surface area contributed by atoms with Crippen LogP contribution in [0, 0.1) is 17.2 Å². The van der Waals surface area contributed by atoms with Gasteiger partial charge in [0.2, 0.25) is 0 Å². The molecule has 1 atom stereocenters. The Balaban J connectivity index is 1.01. The number of unbranched alkanes of at least 4 members (excludes halogenated alkanes) is 1. The number of para-hydroxylation sites is 1. The van der Waals surface area contributed by atoms with Crippen LogP contribution >= 0.6 is 45.3 Å². The molecule has 0 spiro atoms. The molecule has 340 valence electrons. The normalized spacial score (nSPS) is 16.2. The highest BCUT2D eigenvalue weighted by Gasteiger charge is 2.39. The monoisotopic (exact) mass is 962 g/mol. The van der Waals surface area contributed by atoms with Gasteiger partial charge in [-0.05, 0) is 66.1 Å². The molecule has 2 aromatic carbocycles. The molecule has 4 aromatic heterocycles.